The molecule has 1 saturated carbocycles. The molecule has 4 nitrogen and oxygen atoms in total. The fourth-order valence-electron chi connectivity index (χ4n) is 3.14. The van der Waals surface area contributed by atoms with Crippen molar-refractivity contribution in [1.82, 2.24) is 5.32 Å². The lowest BCUT2D eigenvalue weighted by molar-refractivity contribution is -0.120. The summed E-state index contributed by atoms with van der Waals surface area (Å²) < 4.78 is 5.93. The zero-order valence-electron chi connectivity index (χ0n) is 12.4. The average molecular weight is 288 g/mol. The Hall–Kier alpha value is -1.55. The van der Waals surface area contributed by atoms with E-state index in [1.165, 1.54) is 12.8 Å². The van der Waals surface area contributed by atoms with Crippen LogP contribution < -0.4 is 15.4 Å². The monoisotopic (exact) mass is 288 g/mol. The minimum Gasteiger partial charge on any atom is -0.490 e. The molecule has 4 heteroatoms. The number of carbonyl (C=O) groups excluding carboxylic acids is 1. The molecule has 1 atom stereocenters. The molecule has 1 amide bonds. The van der Waals surface area contributed by atoms with Crippen molar-refractivity contribution in [3.63, 3.8) is 0 Å². The molecule has 1 heterocycles. The molecule has 1 aliphatic carbocycles. The highest BCUT2D eigenvalue weighted by molar-refractivity contribution is 5.92. The molecule has 3 rings (SSSR count). The topological polar surface area (TPSA) is 50.4 Å². The van der Waals surface area contributed by atoms with Gasteiger partial charge in [0.25, 0.3) is 0 Å². The van der Waals surface area contributed by atoms with Crippen LogP contribution in [0.2, 0.25) is 0 Å². The Balaban J connectivity index is 1.52. The van der Waals surface area contributed by atoms with Gasteiger partial charge in [-0.2, -0.15) is 0 Å². The van der Waals surface area contributed by atoms with Crippen LogP contribution in [-0.4, -0.2) is 25.1 Å². The second kappa shape index (κ2) is 6.94. The molecule has 0 radical (unpaired) electrons. The second-order valence-corrected chi connectivity index (χ2v) is 6.08. The van der Waals surface area contributed by atoms with Gasteiger partial charge in [-0.25, -0.2) is 0 Å². The first-order valence-corrected chi connectivity index (χ1v) is 8.09. The van der Waals surface area contributed by atoms with Gasteiger partial charge in [-0.3, -0.25) is 4.79 Å². The minimum atomic E-state index is 0.0909. The lowest BCUT2D eigenvalue weighted by Crippen LogP contribution is -2.37. The predicted molar refractivity (Wildman–Crippen MR) is 83.5 cm³/mol. The standard InChI is InChI=1S/C17H24N2O2/c20-17(13-4-3-11-18-12-13)19-14-7-9-16(10-8-14)21-15-5-1-2-6-15/h7-10,13,15,18H,1-6,11-12H2,(H,19,20)/t13-/m1/s1. The number of hydrogen-bond donors (Lipinski definition) is 2. The molecule has 2 N–H and O–H groups in total. The van der Waals surface area contributed by atoms with Crippen LogP contribution in [0.5, 0.6) is 5.75 Å². The molecule has 21 heavy (non-hydrogen) atoms. The lowest BCUT2D eigenvalue weighted by atomic mass is 9.99. The molecule has 1 saturated heterocycles. The fourth-order valence-corrected chi connectivity index (χ4v) is 3.14. The third kappa shape index (κ3) is 3.97. The molecule has 1 aliphatic heterocycles. The first-order chi connectivity index (χ1) is 10.3. The normalized spacial score (nSPS) is 23.0. The molecular formula is C17H24N2O2. The van der Waals surface area contributed by atoms with E-state index in [1.54, 1.807) is 0 Å². The summed E-state index contributed by atoms with van der Waals surface area (Å²) in [6.45, 7) is 1.81. The van der Waals surface area contributed by atoms with Gasteiger partial charge in [0.05, 0.1) is 12.0 Å². The second-order valence-electron chi connectivity index (χ2n) is 6.08. The SMILES string of the molecule is O=C(Nc1ccc(OC2CCCC2)cc1)[C@@H]1CCCNC1. The van der Waals surface area contributed by atoms with Gasteiger partial charge in [0.2, 0.25) is 5.91 Å². The molecule has 1 aromatic rings. The summed E-state index contributed by atoms with van der Waals surface area (Å²) in [6.07, 6.45) is 7.29. The summed E-state index contributed by atoms with van der Waals surface area (Å²) >= 11 is 0. The van der Waals surface area contributed by atoms with Crippen LogP contribution >= 0.6 is 0 Å². The first kappa shape index (κ1) is 14.4. The van der Waals surface area contributed by atoms with E-state index in [0.29, 0.717) is 6.10 Å². The van der Waals surface area contributed by atoms with Gasteiger partial charge >= 0.3 is 0 Å². The number of piperidine rings is 1. The molecule has 2 fully saturated rings. The number of nitrogens with one attached hydrogen (secondary N) is 2. The average Bonchev–Trinajstić information content (AvgIpc) is 3.03. The number of ether oxygens (including phenoxy) is 1. The molecule has 0 spiro atoms. The van der Waals surface area contributed by atoms with Crippen molar-refractivity contribution in [3.05, 3.63) is 24.3 Å². The number of anilines is 1. The maximum Gasteiger partial charge on any atom is 0.228 e. The van der Waals surface area contributed by atoms with Crippen molar-refractivity contribution in [2.45, 2.75) is 44.6 Å². The summed E-state index contributed by atoms with van der Waals surface area (Å²) in [4.78, 5) is 12.1. The van der Waals surface area contributed by atoms with Crippen molar-refractivity contribution < 1.29 is 9.53 Å². The van der Waals surface area contributed by atoms with E-state index >= 15 is 0 Å². The Kier molecular flexibility index (Phi) is 4.76. The van der Waals surface area contributed by atoms with Crippen LogP contribution in [0.15, 0.2) is 24.3 Å². The summed E-state index contributed by atoms with van der Waals surface area (Å²) in [5.74, 6) is 1.11. The van der Waals surface area contributed by atoms with E-state index < -0.39 is 0 Å². The highest BCUT2D eigenvalue weighted by Gasteiger charge is 2.21. The van der Waals surface area contributed by atoms with Crippen LogP contribution in [-0.2, 0) is 4.79 Å². The van der Waals surface area contributed by atoms with Crippen LogP contribution in [0, 0.1) is 5.92 Å². The highest BCUT2D eigenvalue weighted by atomic mass is 16.5. The number of carbonyl (C=O) groups is 1. The number of rotatable bonds is 4. The Morgan fingerprint density at radius 1 is 1.10 bits per heavy atom. The van der Waals surface area contributed by atoms with E-state index in [-0.39, 0.29) is 11.8 Å². The highest BCUT2D eigenvalue weighted by Crippen LogP contribution is 2.25. The molecular weight excluding hydrogens is 264 g/mol. The lowest BCUT2D eigenvalue weighted by Gasteiger charge is -2.22. The van der Waals surface area contributed by atoms with Crippen LogP contribution in [0.25, 0.3) is 0 Å². The summed E-state index contributed by atoms with van der Waals surface area (Å²) in [6, 6.07) is 7.76. The maximum atomic E-state index is 12.1. The Morgan fingerprint density at radius 2 is 1.86 bits per heavy atom. The molecule has 114 valence electrons. The zero-order valence-corrected chi connectivity index (χ0v) is 12.4. The quantitative estimate of drug-likeness (QED) is 0.895. The summed E-state index contributed by atoms with van der Waals surface area (Å²) in [7, 11) is 0. The predicted octanol–water partition coefficient (Wildman–Crippen LogP) is 2.95. The van der Waals surface area contributed by atoms with E-state index in [4.69, 9.17) is 4.74 Å². The van der Waals surface area contributed by atoms with E-state index in [1.807, 2.05) is 24.3 Å². The molecule has 0 aromatic heterocycles. The van der Waals surface area contributed by atoms with Crippen molar-refractivity contribution in [2.75, 3.05) is 18.4 Å². The summed E-state index contributed by atoms with van der Waals surface area (Å²) in [5.41, 5.74) is 0.851. The van der Waals surface area contributed by atoms with Crippen molar-refractivity contribution in [3.8, 4) is 5.75 Å². The Morgan fingerprint density at radius 3 is 2.52 bits per heavy atom. The number of benzene rings is 1. The van der Waals surface area contributed by atoms with E-state index in [9.17, 15) is 4.79 Å². The van der Waals surface area contributed by atoms with Gasteiger partial charge in [0, 0.05) is 12.2 Å². The van der Waals surface area contributed by atoms with Gasteiger partial charge in [0.15, 0.2) is 0 Å². The molecule has 2 aliphatic rings. The van der Waals surface area contributed by atoms with E-state index in [2.05, 4.69) is 10.6 Å². The zero-order chi connectivity index (χ0) is 14.5. The first-order valence-electron chi connectivity index (χ1n) is 8.09. The smallest absolute Gasteiger partial charge is 0.228 e. The van der Waals surface area contributed by atoms with Crippen LogP contribution in [0.3, 0.4) is 0 Å². The largest absolute Gasteiger partial charge is 0.490 e. The number of hydrogen-bond acceptors (Lipinski definition) is 3. The van der Waals surface area contributed by atoms with E-state index in [0.717, 1.165) is 50.2 Å². The maximum absolute atomic E-state index is 12.1. The van der Waals surface area contributed by atoms with Gasteiger partial charge in [0.1, 0.15) is 5.75 Å². The van der Waals surface area contributed by atoms with Gasteiger partial charge in [-0.15, -0.1) is 0 Å². The van der Waals surface area contributed by atoms with Crippen molar-refractivity contribution in [1.29, 1.82) is 0 Å². The minimum absolute atomic E-state index is 0.0909. The van der Waals surface area contributed by atoms with Crippen LogP contribution in [0.4, 0.5) is 5.69 Å². The molecule has 1 aromatic carbocycles. The third-order valence-corrected chi connectivity index (χ3v) is 4.39. The van der Waals surface area contributed by atoms with Crippen molar-refractivity contribution >= 4 is 11.6 Å². The molecule has 0 unspecified atom stereocenters. The van der Waals surface area contributed by atoms with Gasteiger partial charge in [-0.05, 0) is 69.3 Å². The van der Waals surface area contributed by atoms with Crippen molar-refractivity contribution in [2.24, 2.45) is 5.92 Å². The third-order valence-electron chi connectivity index (χ3n) is 4.39. The van der Waals surface area contributed by atoms with Gasteiger partial charge < -0.3 is 15.4 Å². The Labute approximate surface area is 126 Å². The number of amides is 1. The fraction of sp³-hybridized carbons (Fsp3) is 0.588. The Bertz CT molecular complexity index is 460. The van der Waals surface area contributed by atoms with Crippen LogP contribution in [0.1, 0.15) is 38.5 Å². The van der Waals surface area contributed by atoms with Gasteiger partial charge in [-0.1, -0.05) is 0 Å². The summed E-state index contributed by atoms with van der Waals surface area (Å²) in [5, 5.41) is 6.27. The molecule has 0 bridgehead atoms.